The number of imidazole rings is 1. The Hall–Kier alpha value is -3.28. The van der Waals surface area contributed by atoms with E-state index in [0.717, 1.165) is 0 Å². The molecule has 0 fully saturated rings. The van der Waals surface area contributed by atoms with E-state index in [0.29, 0.717) is 6.42 Å². The van der Waals surface area contributed by atoms with E-state index in [1.165, 1.54) is 31.7 Å². The molecule has 0 aliphatic carbocycles. The van der Waals surface area contributed by atoms with Gasteiger partial charge in [-0.15, -0.1) is 0 Å². The van der Waals surface area contributed by atoms with Gasteiger partial charge in [-0.3, -0.25) is 34.0 Å². The minimum atomic E-state index is -1.25. The fourth-order valence-electron chi connectivity index (χ4n) is 2.08. The number of esters is 2. The maximum Gasteiger partial charge on any atom is 0.306 e. The number of hydrogen-bond donors (Lipinski definition) is 2. The largest absolute Gasteiger partial charge is 0.466 e. The van der Waals surface area contributed by atoms with E-state index in [2.05, 4.69) is 20.3 Å². The van der Waals surface area contributed by atoms with Crippen molar-refractivity contribution in [3.63, 3.8) is 0 Å². The number of fused-ring (bicyclic) bond motifs is 1. The SMILES string of the molecule is CC(=O)Nc1nc2c(ncn2C(OCCCOC(C)=O)OC(C)=O)c(=O)[nH]1. The van der Waals surface area contributed by atoms with Crippen molar-refractivity contribution in [1.29, 1.82) is 0 Å². The predicted octanol–water partition coefficient (Wildman–Crippen LogP) is 0.0670. The fraction of sp³-hybridized carbons (Fsp3) is 0.467. The Balaban J connectivity index is 2.25. The number of aromatic nitrogens is 4. The lowest BCUT2D eigenvalue weighted by Gasteiger charge is -2.19. The lowest BCUT2D eigenvalue weighted by molar-refractivity contribution is -0.200. The molecule has 1 atom stereocenters. The van der Waals surface area contributed by atoms with Gasteiger partial charge >= 0.3 is 11.9 Å². The van der Waals surface area contributed by atoms with Crippen LogP contribution in [-0.2, 0) is 28.6 Å². The Kier molecular flexibility index (Phi) is 6.60. The van der Waals surface area contributed by atoms with Gasteiger partial charge in [0.05, 0.1) is 13.2 Å². The molecule has 0 spiro atoms. The molecule has 0 bridgehead atoms. The summed E-state index contributed by atoms with van der Waals surface area (Å²) in [6, 6.07) is 0. The number of anilines is 1. The van der Waals surface area contributed by atoms with Crippen LogP contribution in [0.3, 0.4) is 0 Å². The molecule has 2 aromatic heterocycles. The van der Waals surface area contributed by atoms with Gasteiger partial charge in [-0.25, -0.2) is 4.98 Å². The van der Waals surface area contributed by atoms with Crippen LogP contribution in [0.15, 0.2) is 11.1 Å². The van der Waals surface area contributed by atoms with Crippen LogP contribution in [-0.4, -0.2) is 50.6 Å². The standard InChI is InChI=1S/C15H19N5O7/c1-8(21)17-14-18-12-11(13(24)19-14)16-7-20(12)15(27-10(3)23)26-6-4-5-25-9(2)22/h7,15H,4-6H2,1-3H3,(H2,17,18,19,21,24). The first-order chi connectivity index (χ1) is 12.8. The van der Waals surface area contributed by atoms with Crippen LogP contribution in [0.2, 0.25) is 0 Å². The Morgan fingerprint density at radius 2 is 1.96 bits per heavy atom. The summed E-state index contributed by atoms with van der Waals surface area (Å²) in [5, 5.41) is 2.36. The van der Waals surface area contributed by atoms with E-state index in [-0.39, 0.29) is 30.3 Å². The topological polar surface area (TPSA) is 154 Å². The molecule has 0 saturated heterocycles. The normalized spacial score (nSPS) is 11.8. The number of amides is 1. The smallest absolute Gasteiger partial charge is 0.306 e. The maximum absolute atomic E-state index is 12.1. The minimum absolute atomic E-state index is 0.0234. The van der Waals surface area contributed by atoms with E-state index in [1.807, 2.05) is 0 Å². The summed E-state index contributed by atoms with van der Waals surface area (Å²) in [6.45, 7) is 3.97. The van der Waals surface area contributed by atoms with Gasteiger partial charge in [-0.1, -0.05) is 0 Å². The molecule has 0 radical (unpaired) electrons. The Morgan fingerprint density at radius 1 is 1.22 bits per heavy atom. The molecule has 0 aliphatic heterocycles. The van der Waals surface area contributed by atoms with Crippen molar-refractivity contribution in [3.05, 3.63) is 16.7 Å². The zero-order chi connectivity index (χ0) is 20.0. The van der Waals surface area contributed by atoms with E-state index < -0.39 is 29.8 Å². The van der Waals surface area contributed by atoms with Gasteiger partial charge in [0.15, 0.2) is 11.2 Å². The van der Waals surface area contributed by atoms with Crippen LogP contribution in [0, 0.1) is 0 Å². The molecular formula is C15H19N5O7. The number of rotatable bonds is 8. The number of H-pyrrole nitrogens is 1. The van der Waals surface area contributed by atoms with Crippen molar-refractivity contribution in [2.24, 2.45) is 0 Å². The molecule has 0 aliphatic rings. The quantitative estimate of drug-likeness (QED) is 0.367. The second kappa shape index (κ2) is 8.89. The molecule has 2 N–H and O–H groups in total. The summed E-state index contributed by atoms with van der Waals surface area (Å²) in [5.41, 5.74) is -0.558. The van der Waals surface area contributed by atoms with Crippen molar-refractivity contribution >= 4 is 35.0 Å². The first kappa shape index (κ1) is 20.0. The molecule has 2 heterocycles. The average Bonchev–Trinajstić information content (AvgIpc) is 2.96. The van der Waals surface area contributed by atoms with Gasteiger partial charge in [0.25, 0.3) is 12.0 Å². The third-order valence-corrected chi connectivity index (χ3v) is 3.08. The molecule has 0 saturated carbocycles. The lowest BCUT2D eigenvalue weighted by Crippen LogP contribution is -2.21. The van der Waals surface area contributed by atoms with Crippen molar-refractivity contribution < 1.29 is 28.6 Å². The van der Waals surface area contributed by atoms with Crippen LogP contribution in [0.25, 0.3) is 11.2 Å². The predicted molar refractivity (Wildman–Crippen MR) is 90.5 cm³/mol. The minimum Gasteiger partial charge on any atom is -0.466 e. The van der Waals surface area contributed by atoms with Gasteiger partial charge < -0.3 is 14.2 Å². The molecule has 2 rings (SSSR count). The van der Waals surface area contributed by atoms with E-state index in [1.54, 1.807) is 0 Å². The Bertz CT molecular complexity index is 904. The van der Waals surface area contributed by atoms with E-state index in [4.69, 9.17) is 14.2 Å². The summed E-state index contributed by atoms with van der Waals surface area (Å²) in [4.78, 5) is 55.8. The molecule has 2 aromatic rings. The van der Waals surface area contributed by atoms with E-state index in [9.17, 15) is 19.2 Å². The molecule has 0 aromatic carbocycles. The second-order valence-corrected chi connectivity index (χ2v) is 5.40. The number of ether oxygens (including phenoxy) is 3. The van der Waals surface area contributed by atoms with Crippen LogP contribution < -0.4 is 10.9 Å². The summed E-state index contributed by atoms with van der Waals surface area (Å²) in [6.07, 6.45) is 0.337. The highest BCUT2D eigenvalue weighted by atomic mass is 16.7. The Labute approximate surface area is 152 Å². The lowest BCUT2D eigenvalue weighted by atomic mass is 10.5. The number of aromatic amines is 1. The van der Waals surface area contributed by atoms with Crippen molar-refractivity contribution in [3.8, 4) is 0 Å². The molecule has 12 nitrogen and oxygen atoms in total. The third kappa shape index (κ3) is 5.60. The second-order valence-electron chi connectivity index (χ2n) is 5.40. The Morgan fingerprint density at radius 3 is 2.59 bits per heavy atom. The number of nitrogens with zero attached hydrogens (tertiary/aromatic N) is 3. The summed E-state index contributed by atoms with van der Waals surface area (Å²) >= 11 is 0. The van der Waals surface area contributed by atoms with Gasteiger partial charge in [0.2, 0.25) is 11.9 Å². The van der Waals surface area contributed by atoms with Crippen LogP contribution in [0.5, 0.6) is 0 Å². The first-order valence-corrected chi connectivity index (χ1v) is 7.94. The molecule has 12 heteroatoms. The molecule has 1 unspecified atom stereocenters. The summed E-state index contributed by atoms with van der Waals surface area (Å²) < 4.78 is 16.6. The highest BCUT2D eigenvalue weighted by Crippen LogP contribution is 2.18. The van der Waals surface area contributed by atoms with Crippen LogP contribution >= 0.6 is 0 Å². The number of carbonyl (C=O) groups excluding carboxylic acids is 3. The van der Waals surface area contributed by atoms with Crippen molar-refractivity contribution in [2.45, 2.75) is 33.6 Å². The number of hydrogen-bond acceptors (Lipinski definition) is 9. The maximum atomic E-state index is 12.1. The summed E-state index contributed by atoms with van der Waals surface area (Å²) in [5.74, 6) is -1.56. The first-order valence-electron chi connectivity index (χ1n) is 7.94. The highest BCUT2D eigenvalue weighted by molar-refractivity contribution is 5.87. The van der Waals surface area contributed by atoms with Crippen LogP contribution in [0.4, 0.5) is 5.95 Å². The molecule has 146 valence electrons. The van der Waals surface area contributed by atoms with Gasteiger partial charge in [-0.2, -0.15) is 4.98 Å². The monoisotopic (exact) mass is 381 g/mol. The molecule has 27 heavy (non-hydrogen) atoms. The van der Waals surface area contributed by atoms with Crippen LogP contribution in [0.1, 0.15) is 33.6 Å². The van der Waals surface area contributed by atoms with Gasteiger partial charge in [-0.05, 0) is 0 Å². The molecular weight excluding hydrogens is 362 g/mol. The molecule has 1 amide bonds. The highest BCUT2D eigenvalue weighted by Gasteiger charge is 2.21. The number of carbonyl (C=O) groups is 3. The van der Waals surface area contributed by atoms with Gasteiger partial charge in [0.1, 0.15) is 6.33 Å². The van der Waals surface area contributed by atoms with Crippen molar-refractivity contribution in [1.82, 2.24) is 19.5 Å². The third-order valence-electron chi connectivity index (χ3n) is 3.08. The fourth-order valence-corrected chi connectivity index (χ4v) is 2.08. The zero-order valence-corrected chi connectivity index (χ0v) is 15.0. The van der Waals surface area contributed by atoms with Crippen molar-refractivity contribution in [2.75, 3.05) is 18.5 Å². The van der Waals surface area contributed by atoms with Gasteiger partial charge in [0, 0.05) is 27.2 Å². The van der Waals surface area contributed by atoms with E-state index >= 15 is 0 Å². The summed E-state index contributed by atoms with van der Waals surface area (Å²) in [7, 11) is 0. The number of nitrogens with one attached hydrogen (secondary N) is 2. The zero-order valence-electron chi connectivity index (χ0n) is 15.0. The average molecular weight is 381 g/mol.